The SMILES string of the molecule is CC(N)Oc1ccc(N2CCC(c3ccc(C(F)(F)F)cc3)CC2)cc1. The summed E-state index contributed by atoms with van der Waals surface area (Å²) in [6, 6.07) is 13.4. The topological polar surface area (TPSA) is 38.5 Å². The lowest BCUT2D eigenvalue weighted by molar-refractivity contribution is -0.137. The molecule has 1 aliphatic rings. The average Bonchev–Trinajstić information content (AvgIpc) is 2.61. The fourth-order valence-corrected chi connectivity index (χ4v) is 3.37. The molecule has 0 spiro atoms. The van der Waals surface area contributed by atoms with Crippen LogP contribution in [-0.2, 0) is 6.18 Å². The molecule has 1 aliphatic heterocycles. The van der Waals surface area contributed by atoms with E-state index in [4.69, 9.17) is 10.5 Å². The number of piperidine rings is 1. The van der Waals surface area contributed by atoms with Gasteiger partial charge in [0.15, 0.2) is 0 Å². The zero-order valence-electron chi connectivity index (χ0n) is 14.7. The Morgan fingerprint density at radius 3 is 2.08 bits per heavy atom. The van der Waals surface area contributed by atoms with Crippen LogP contribution in [0.25, 0.3) is 0 Å². The molecule has 2 N–H and O–H groups in total. The Kier molecular flexibility index (Phi) is 5.41. The zero-order valence-corrected chi connectivity index (χ0v) is 14.7. The zero-order chi connectivity index (χ0) is 18.7. The van der Waals surface area contributed by atoms with E-state index in [-0.39, 0.29) is 6.23 Å². The first-order valence-electron chi connectivity index (χ1n) is 8.77. The smallest absolute Gasteiger partial charge is 0.416 e. The number of halogens is 3. The molecule has 1 heterocycles. The lowest BCUT2D eigenvalue weighted by atomic mass is 9.89. The Balaban J connectivity index is 1.58. The molecular weight excluding hydrogens is 341 g/mol. The molecule has 0 aliphatic carbocycles. The molecule has 2 aromatic rings. The lowest BCUT2D eigenvalue weighted by Crippen LogP contribution is -2.32. The maximum Gasteiger partial charge on any atom is 0.416 e. The summed E-state index contributed by atoms with van der Waals surface area (Å²) in [6.45, 7) is 3.53. The van der Waals surface area contributed by atoms with E-state index in [1.54, 1.807) is 19.1 Å². The Labute approximate surface area is 151 Å². The van der Waals surface area contributed by atoms with Crippen molar-refractivity contribution in [3.8, 4) is 5.75 Å². The standard InChI is InChI=1S/C20H23F3N2O/c1-14(24)26-19-8-6-18(7-9-19)25-12-10-16(11-13-25)15-2-4-17(5-3-15)20(21,22)23/h2-9,14,16H,10-13,24H2,1H3. The van der Waals surface area contributed by atoms with Gasteiger partial charge in [0.05, 0.1) is 5.56 Å². The van der Waals surface area contributed by atoms with Crippen molar-refractivity contribution in [2.75, 3.05) is 18.0 Å². The summed E-state index contributed by atoms with van der Waals surface area (Å²) < 4.78 is 43.5. The molecule has 3 rings (SSSR count). The third-order valence-electron chi connectivity index (χ3n) is 4.73. The summed E-state index contributed by atoms with van der Waals surface area (Å²) in [5.41, 5.74) is 7.13. The van der Waals surface area contributed by atoms with E-state index < -0.39 is 11.7 Å². The molecule has 140 valence electrons. The van der Waals surface area contributed by atoms with Crippen LogP contribution in [0.15, 0.2) is 48.5 Å². The number of nitrogens with two attached hydrogens (primary N) is 1. The van der Waals surface area contributed by atoms with E-state index in [2.05, 4.69) is 4.90 Å². The van der Waals surface area contributed by atoms with Gasteiger partial charge >= 0.3 is 6.18 Å². The summed E-state index contributed by atoms with van der Waals surface area (Å²) in [6.07, 6.45) is -2.79. The summed E-state index contributed by atoms with van der Waals surface area (Å²) >= 11 is 0. The Bertz CT molecular complexity index is 703. The van der Waals surface area contributed by atoms with E-state index in [1.807, 2.05) is 24.3 Å². The maximum atomic E-state index is 12.7. The number of benzene rings is 2. The molecule has 2 aromatic carbocycles. The van der Waals surface area contributed by atoms with Gasteiger partial charge in [-0.1, -0.05) is 12.1 Å². The van der Waals surface area contributed by atoms with Gasteiger partial charge in [0.2, 0.25) is 0 Å². The van der Waals surface area contributed by atoms with Crippen LogP contribution in [0.4, 0.5) is 18.9 Å². The summed E-state index contributed by atoms with van der Waals surface area (Å²) in [5.74, 6) is 1.04. The van der Waals surface area contributed by atoms with Crippen molar-refractivity contribution in [1.29, 1.82) is 0 Å². The van der Waals surface area contributed by atoms with Gasteiger partial charge in [-0.25, -0.2) is 0 Å². The molecule has 26 heavy (non-hydrogen) atoms. The van der Waals surface area contributed by atoms with Gasteiger partial charge in [0.1, 0.15) is 12.0 Å². The number of nitrogens with zero attached hydrogens (tertiary/aromatic N) is 1. The second kappa shape index (κ2) is 7.58. The van der Waals surface area contributed by atoms with Gasteiger partial charge in [-0.05, 0) is 67.6 Å². The number of hydrogen-bond donors (Lipinski definition) is 1. The Morgan fingerprint density at radius 1 is 1.00 bits per heavy atom. The first kappa shape index (κ1) is 18.6. The molecule has 0 saturated carbocycles. The number of alkyl halides is 3. The van der Waals surface area contributed by atoms with E-state index in [9.17, 15) is 13.2 Å². The van der Waals surface area contributed by atoms with Gasteiger partial charge in [0.25, 0.3) is 0 Å². The van der Waals surface area contributed by atoms with Crippen LogP contribution >= 0.6 is 0 Å². The van der Waals surface area contributed by atoms with Crippen LogP contribution in [-0.4, -0.2) is 19.3 Å². The molecular formula is C20H23F3N2O. The molecule has 1 unspecified atom stereocenters. The molecule has 1 saturated heterocycles. The highest BCUT2D eigenvalue weighted by Gasteiger charge is 2.30. The van der Waals surface area contributed by atoms with Crippen molar-refractivity contribution in [3.05, 3.63) is 59.7 Å². The Morgan fingerprint density at radius 2 is 1.58 bits per heavy atom. The highest BCUT2D eigenvalue weighted by atomic mass is 19.4. The predicted molar refractivity (Wildman–Crippen MR) is 96.4 cm³/mol. The van der Waals surface area contributed by atoms with Crippen LogP contribution < -0.4 is 15.4 Å². The number of anilines is 1. The molecule has 6 heteroatoms. The third-order valence-corrected chi connectivity index (χ3v) is 4.73. The van der Waals surface area contributed by atoms with Gasteiger partial charge in [-0.2, -0.15) is 13.2 Å². The van der Waals surface area contributed by atoms with Gasteiger partial charge in [0, 0.05) is 18.8 Å². The molecule has 1 fully saturated rings. The van der Waals surface area contributed by atoms with Crippen LogP contribution in [0.2, 0.25) is 0 Å². The van der Waals surface area contributed by atoms with Crippen LogP contribution in [0, 0.1) is 0 Å². The van der Waals surface area contributed by atoms with Crippen molar-refractivity contribution in [2.45, 2.75) is 38.1 Å². The normalized spacial score (nSPS) is 17.2. The molecule has 1 atom stereocenters. The summed E-state index contributed by atoms with van der Waals surface area (Å²) in [5, 5.41) is 0. The quantitative estimate of drug-likeness (QED) is 0.794. The van der Waals surface area contributed by atoms with Crippen molar-refractivity contribution in [3.63, 3.8) is 0 Å². The average molecular weight is 364 g/mol. The first-order chi connectivity index (χ1) is 12.3. The molecule has 0 amide bonds. The molecule has 0 radical (unpaired) electrons. The lowest BCUT2D eigenvalue weighted by Gasteiger charge is -2.34. The maximum absolute atomic E-state index is 12.7. The first-order valence-corrected chi connectivity index (χ1v) is 8.77. The predicted octanol–water partition coefficient (Wildman–Crippen LogP) is 4.77. The fraction of sp³-hybridized carbons (Fsp3) is 0.400. The van der Waals surface area contributed by atoms with Crippen LogP contribution in [0.1, 0.15) is 36.8 Å². The van der Waals surface area contributed by atoms with Crippen LogP contribution in [0.3, 0.4) is 0 Å². The minimum atomic E-state index is -4.28. The number of ether oxygens (including phenoxy) is 1. The number of rotatable bonds is 4. The minimum absolute atomic E-state index is 0.300. The van der Waals surface area contributed by atoms with Crippen LogP contribution in [0.5, 0.6) is 5.75 Å². The van der Waals surface area contributed by atoms with Crippen molar-refractivity contribution >= 4 is 5.69 Å². The van der Waals surface area contributed by atoms with Crippen molar-refractivity contribution < 1.29 is 17.9 Å². The Hall–Kier alpha value is -2.21. The van der Waals surface area contributed by atoms with Crippen molar-refractivity contribution in [1.82, 2.24) is 0 Å². The molecule has 0 aromatic heterocycles. The molecule has 3 nitrogen and oxygen atoms in total. The third kappa shape index (κ3) is 4.49. The van der Waals surface area contributed by atoms with Crippen molar-refractivity contribution in [2.24, 2.45) is 5.73 Å². The highest BCUT2D eigenvalue weighted by molar-refractivity contribution is 5.49. The van der Waals surface area contributed by atoms with E-state index in [0.29, 0.717) is 5.92 Å². The van der Waals surface area contributed by atoms with E-state index in [0.717, 1.165) is 42.9 Å². The molecule has 0 bridgehead atoms. The van der Waals surface area contributed by atoms with Gasteiger partial charge in [-0.15, -0.1) is 0 Å². The van der Waals surface area contributed by atoms with E-state index in [1.165, 1.54) is 12.1 Å². The van der Waals surface area contributed by atoms with Gasteiger partial charge < -0.3 is 9.64 Å². The summed E-state index contributed by atoms with van der Waals surface area (Å²) in [4.78, 5) is 2.29. The number of hydrogen-bond acceptors (Lipinski definition) is 3. The highest BCUT2D eigenvalue weighted by Crippen LogP contribution is 2.34. The summed E-state index contributed by atoms with van der Waals surface area (Å²) in [7, 11) is 0. The van der Waals surface area contributed by atoms with E-state index >= 15 is 0 Å². The second-order valence-corrected chi connectivity index (χ2v) is 6.70. The minimum Gasteiger partial charge on any atom is -0.476 e. The monoisotopic (exact) mass is 364 g/mol. The fourth-order valence-electron chi connectivity index (χ4n) is 3.37. The second-order valence-electron chi connectivity index (χ2n) is 6.70. The van der Waals surface area contributed by atoms with Gasteiger partial charge in [-0.3, -0.25) is 5.73 Å². The largest absolute Gasteiger partial charge is 0.476 e.